The van der Waals surface area contributed by atoms with E-state index < -0.39 is 11.9 Å². The first-order valence-electron chi connectivity index (χ1n) is 9.38. The summed E-state index contributed by atoms with van der Waals surface area (Å²) in [6, 6.07) is 8.36. The second-order valence-corrected chi connectivity index (χ2v) is 6.64. The molecule has 0 aromatic heterocycles. The third-order valence-corrected chi connectivity index (χ3v) is 4.79. The van der Waals surface area contributed by atoms with Crippen LogP contribution in [-0.4, -0.2) is 60.1 Å². The van der Waals surface area contributed by atoms with Crippen LogP contribution in [0.1, 0.15) is 44.9 Å². The third kappa shape index (κ3) is 6.33. The minimum atomic E-state index is -0.901. The van der Waals surface area contributed by atoms with Crippen molar-refractivity contribution < 1.29 is 14.7 Å². The Kier molecular flexibility index (Phi) is 9.13. The van der Waals surface area contributed by atoms with Gasteiger partial charge in [0.15, 0.2) is 0 Å². The molecule has 2 unspecified atom stereocenters. The summed E-state index contributed by atoms with van der Waals surface area (Å²) in [5, 5.41) is 11.9. The Morgan fingerprint density at radius 1 is 1.12 bits per heavy atom. The van der Waals surface area contributed by atoms with Crippen LogP contribution in [0.4, 0.5) is 4.79 Å². The molecule has 2 amide bonds. The van der Waals surface area contributed by atoms with Gasteiger partial charge in [-0.2, -0.15) is 0 Å². The predicted octanol–water partition coefficient (Wildman–Crippen LogP) is 2.99. The molecule has 0 aliphatic carbocycles. The van der Waals surface area contributed by atoms with Crippen molar-refractivity contribution in [1.82, 2.24) is 15.1 Å². The number of carbonyl (C=O) groups is 2. The second kappa shape index (κ2) is 10.8. The van der Waals surface area contributed by atoms with Gasteiger partial charge in [-0.15, -0.1) is 0 Å². The first-order valence-corrected chi connectivity index (χ1v) is 9.38. The third-order valence-electron chi connectivity index (χ3n) is 4.79. The normalized spacial score (nSPS) is 13.3. The zero-order valence-corrected chi connectivity index (χ0v) is 16.7. The molecular formula is C20H33N3O3. The highest BCUT2D eigenvalue weighted by molar-refractivity contribution is 5.75. The number of likely N-dealkylation sites (N-methyl/N-ethyl adjacent to an activating group) is 1. The maximum absolute atomic E-state index is 12.3. The monoisotopic (exact) mass is 363 g/mol. The van der Waals surface area contributed by atoms with E-state index in [0.29, 0.717) is 6.54 Å². The molecule has 1 aromatic rings. The molecule has 0 fully saturated rings. The van der Waals surface area contributed by atoms with Gasteiger partial charge < -0.3 is 15.3 Å². The SMILES string of the molecule is CCc1ccc(C(CNC(=O)N(C)CC(C)C(=O)O)N(CC)CC)cc1. The van der Waals surface area contributed by atoms with E-state index in [1.165, 1.54) is 16.0 Å². The Morgan fingerprint density at radius 2 is 1.69 bits per heavy atom. The van der Waals surface area contributed by atoms with Crippen LogP contribution in [0.15, 0.2) is 24.3 Å². The van der Waals surface area contributed by atoms with Crippen molar-refractivity contribution in [1.29, 1.82) is 0 Å². The summed E-state index contributed by atoms with van der Waals surface area (Å²) in [6.07, 6.45) is 1.000. The second-order valence-electron chi connectivity index (χ2n) is 6.64. The highest BCUT2D eigenvalue weighted by atomic mass is 16.4. The van der Waals surface area contributed by atoms with Crippen molar-refractivity contribution in [2.24, 2.45) is 5.92 Å². The lowest BCUT2D eigenvalue weighted by Crippen LogP contribution is -2.44. The van der Waals surface area contributed by atoms with Gasteiger partial charge in [0.1, 0.15) is 0 Å². The van der Waals surface area contributed by atoms with Crippen LogP contribution >= 0.6 is 0 Å². The molecule has 0 heterocycles. The Labute approximate surface area is 157 Å². The molecule has 0 bridgehead atoms. The van der Waals surface area contributed by atoms with Gasteiger partial charge in [-0.25, -0.2) is 4.79 Å². The fourth-order valence-corrected chi connectivity index (χ4v) is 2.99. The number of carbonyl (C=O) groups excluding carboxylic acids is 1. The number of aliphatic carboxylic acids is 1. The number of rotatable bonds is 10. The quantitative estimate of drug-likeness (QED) is 0.670. The average Bonchev–Trinajstić information content (AvgIpc) is 2.64. The minimum Gasteiger partial charge on any atom is -0.481 e. The van der Waals surface area contributed by atoms with Gasteiger partial charge >= 0.3 is 12.0 Å². The fraction of sp³-hybridized carbons (Fsp3) is 0.600. The van der Waals surface area contributed by atoms with Crippen molar-refractivity contribution in [2.75, 3.05) is 33.2 Å². The van der Waals surface area contributed by atoms with Crippen LogP contribution in [0.5, 0.6) is 0 Å². The maximum Gasteiger partial charge on any atom is 0.317 e. The van der Waals surface area contributed by atoms with Crippen molar-refractivity contribution in [2.45, 2.75) is 40.2 Å². The molecule has 0 saturated carbocycles. The molecule has 0 aliphatic heterocycles. The number of benzene rings is 1. The van der Waals surface area contributed by atoms with E-state index in [-0.39, 0.29) is 18.6 Å². The molecule has 0 saturated heterocycles. The number of carboxylic acid groups (broad SMARTS) is 1. The van der Waals surface area contributed by atoms with E-state index in [1.54, 1.807) is 14.0 Å². The van der Waals surface area contributed by atoms with Gasteiger partial charge in [-0.3, -0.25) is 9.69 Å². The van der Waals surface area contributed by atoms with Crippen LogP contribution in [0.2, 0.25) is 0 Å². The average molecular weight is 364 g/mol. The molecular weight excluding hydrogens is 330 g/mol. The summed E-state index contributed by atoms with van der Waals surface area (Å²) in [4.78, 5) is 27.0. The zero-order valence-electron chi connectivity index (χ0n) is 16.7. The summed E-state index contributed by atoms with van der Waals surface area (Å²) < 4.78 is 0. The summed E-state index contributed by atoms with van der Waals surface area (Å²) in [6.45, 7) is 10.4. The van der Waals surface area contributed by atoms with E-state index in [0.717, 1.165) is 19.5 Å². The predicted molar refractivity (Wildman–Crippen MR) is 104 cm³/mol. The number of carboxylic acids is 1. The van der Waals surface area contributed by atoms with E-state index in [2.05, 4.69) is 55.3 Å². The molecule has 2 atom stereocenters. The molecule has 0 spiro atoms. The lowest BCUT2D eigenvalue weighted by atomic mass is 10.0. The fourth-order valence-electron chi connectivity index (χ4n) is 2.99. The molecule has 146 valence electrons. The van der Waals surface area contributed by atoms with Crippen LogP contribution in [0.25, 0.3) is 0 Å². The maximum atomic E-state index is 12.3. The number of amides is 2. The highest BCUT2D eigenvalue weighted by Crippen LogP contribution is 2.20. The van der Waals surface area contributed by atoms with Crippen LogP contribution in [-0.2, 0) is 11.2 Å². The molecule has 0 radical (unpaired) electrons. The standard InChI is InChI=1S/C20H33N3O3/c1-6-16-9-11-17(12-10-16)18(23(7-2)8-3)13-21-20(26)22(5)14-15(4)19(24)25/h9-12,15,18H,6-8,13-14H2,1-5H3,(H,21,26)(H,24,25). The van der Waals surface area contributed by atoms with Crippen molar-refractivity contribution in [3.05, 3.63) is 35.4 Å². The van der Waals surface area contributed by atoms with E-state index in [9.17, 15) is 9.59 Å². The van der Waals surface area contributed by atoms with E-state index in [4.69, 9.17) is 5.11 Å². The number of nitrogens with one attached hydrogen (secondary N) is 1. The van der Waals surface area contributed by atoms with E-state index in [1.807, 2.05) is 0 Å². The topological polar surface area (TPSA) is 72.9 Å². The van der Waals surface area contributed by atoms with Crippen molar-refractivity contribution >= 4 is 12.0 Å². The minimum absolute atomic E-state index is 0.0881. The van der Waals surface area contributed by atoms with Gasteiger partial charge in [0.25, 0.3) is 0 Å². The Morgan fingerprint density at radius 3 is 2.15 bits per heavy atom. The van der Waals surface area contributed by atoms with Crippen LogP contribution < -0.4 is 5.32 Å². The molecule has 0 aliphatic rings. The lowest BCUT2D eigenvalue weighted by Gasteiger charge is -2.31. The molecule has 6 nitrogen and oxygen atoms in total. The zero-order chi connectivity index (χ0) is 19.7. The Hall–Kier alpha value is -2.08. The summed E-state index contributed by atoms with van der Waals surface area (Å²) in [7, 11) is 1.62. The van der Waals surface area contributed by atoms with Crippen LogP contribution in [0.3, 0.4) is 0 Å². The molecule has 2 N–H and O–H groups in total. The molecule has 26 heavy (non-hydrogen) atoms. The van der Waals surface area contributed by atoms with Gasteiger partial charge in [0, 0.05) is 20.1 Å². The van der Waals surface area contributed by atoms with Gasteiger partial charge in [0.2, 0.25) is 0 Å². The highest BCUT2D eigenvalue weighted by Gasteiger charge is 2.21. The van der Waals surface area contributed by atoms with Crippen LogP contribution in [0, 0.1) is 5.92 Å². The molecule has 1 aromatic carbocycles. The first kappa shape index (κ1) is 22.0. The summed E-state index contributed by atoms with van der Waals surface area (Å²) >= 11 is 0. The summed E-state index contributed by atoms with van der Waals surface area (Å²) in [5.41, 5.74) is 2.46. The number of urea groups is 1. The van der Waals surface area contributed by atoms with Gasteiger partial charge in [-0.05, 0) is 30.6 Å². The number of nitrogens with zero attached hydrogens (tertiary/aromatic N) is 2. The first-order chi connectivity index (χ1) is 12.3. The van der Waals surface area contributed by atoms with Gasteiger partial charge in [0.05, 0.1) is 12.0 Å². The number of aryl methyl sites for hydroxylation is 1. The Bertz CT molecular complexity index is 570. The Balaban J connectivity index is 2.79. The summed E-state index contributed by atoms with van der Waals surface area (Å²) in [5.74, 6) is -1.49. The lowest BCUT2D eigenvalue weighted by molar-refractivity contribution is -0.141. The van der Waals surface area contributed by atoms with Gasteiger partial charge in [-0.1, -0.05) is 52.0 Å². The van der Waals surface area contributed by atoms with E-state index >= 15 is 0 Å². The number of hydrogen-bond acceptors (Lipinski definition) is 3. The number of hydrogen-bond donors (Lipinski definition) is 2. The van der Waals surface area contributed by atoms with Crippen molar-refractivity contribution in [3.63, 3.8) is 0 Å². The van der Waals surface area contributed by atoms with Crippen molar-refractivity contribution in [3.8, 4) is 0 Å². The molecule has 1 rings (SSSR count). The smallest absolute Gasteiger partial charge is 0.317 e. The molecule has 6 heteroatoms. The largest absolute Gasteiger partial charge is 0.481 e.